The molecule has 3 rings (SSSR count). The van der Waals surface area contributed by atoms with Crippen molar-refractivity contribution in [1.29, 1.82) is 0 Å². The zero-order valence-corrected chi connectivity index (χ0v) is 11.3. The largest absolute Gasteiger partial charge is 0.397 e. The van der Waals surface area contributed by atoms with Crippen molar-refractivity contribution in [1.82, 2.24) is 9.88 Å². The zero-order valence-electron chi connectivity index (χ0n) is 11.3. The summed E-state index contributed by atoms with van der Waals surface area (Å²) in [5.41, 5.74) is 8.95. The maximum absolute atomic E-state index is 6.02. The number of benzene rings is 1. The summed E-state index contributed by atoms with van der Waals surface area (Å²) in [6.07, 6.45) is 3.06. The van der Waals surface area contributed by atoms with Crippen molar-refractivity contribution in [3.63, 3.8) is 0 Å². The van der Waals surface area contributed by atoms with Crippen LogP contribution < -0.4 is 10.6 Å². The second kappa shape index (κ2) is 5.05. The van der Waals surface area contributed by atoms with Crippen LogP contribution in [0.4, 0.5) is 11.4 Å². The molecule has 0 aliphatic carbocycles. The highest BCUT2D eigenvalue weighted by Gasteiger charge is 2.15. The fraction of sp³-hybridized carbons (Fsp3) is 0.400. The topological polar surface area (TPSA) is 45.4 Å². The molecule has 1 saturated heterocycles. The van der Waals surface area contributed by atoms with Crippen LogP contribution in [0, 0.1) is 0 Å². The van der Waals surface area contributed by atoms with Crippen molar-refractivity contribution in [2.75, 3.05) is 43.9 Å². The lowest BCUT2D eigenvalue weighted by Crippen LogP contribution is -2.28. The summed E-state index contributed by atoms with van der Waals surface area (Å²) < 4.78 is 0. The highest BCUT2D eigenvalue weighted by molar-refractivity contribution is 5.98. The maximum Gasteiger partial charge on any atom is 0.0951 e. The third kappa shape index (κ3) is 2.36. The van der Waals surface area contributed by atoms with E-state index in [-0.39, 0.29) is 0 Å². The van der Waals surface area contributed by atoms with Gasteiger partial charge in [-0.15, -0.1) is 0 Å². The molecule has 0 atom stereocenters. The normalized spacial score (nSPS) is 17.6. The van der Waals surface area contributed by atoms with Crippen LogP contribution >= 0.6 is 0 Å². The Morgan fingerprint density at radius 2 is 2.00 bits per heavy atom. The minimum Gasteiger partial charge on any atom is -0.397 e. The van der Waals surface area contributed by atoms with Gasteiger partial charge in [0, 0.05) is 36.9 Å². The van der Waals surface area contributed by atoms with Gasteiger partial charge in [-0.1, -0.05) is 12.1 Å². The molecule has 1 fully saturated rings. The van der Waals surface area contributed by atoms with Gasteiger partial charge in [0.2, 0.25) is 0 Å². The molecule has 0 saturated carbocycles. The van der Waals surface area contributed by atoms with Crippen molar-refractivity contribution in [3.8, 4) is 0 Å². The molecule has 1 aromatic carbocycles. The highest BCUT2D eigenvalue weighted by atomic mass is 15.2. The molecule has 2 N–H and O–H groups in total. The summed E-state index contributed by atoms with van der Waals surface area (Å²) in [5, 5.41) is 1.16. The molecular formula is C15H20N4. The molecule has 1 aromatic heterocycles. The average molecular weight is 256 g/mol. The van der Waals surface area contributed by atoms with E-state index >= 15 is 0 Å². The Balaban J connectivity index is 2.02. The first-order chi connectivity index (χ1) is 9.25. The average Bonchev–Trinajstić information content (AvgIpc) is 2.64. The number of hydrogen-bond donors (Lipinski definition) is 1. The van der Waals surface area contributed by atoms with Crippen LogP contribution in [0.3, 0.4) is 0 Å². The predicted molar refractivity (Wildman–Crippen MR) is 80.5 cm³/mol. The molecule has 2 heterocycles. The molecule has 4 nitrogen and oxygen atoms in total. The Kier molecular flexibility index (Phi) is 3.25. The molecule has 1 aliphatic heterocycles. The van der Waals surface area contributed by atoms with E-state index in [0.717, 1.165) is 36.2 Å². The van der Waals surface area contributed by atoms with Crippen LogP contribution in [-0.4, -0.2) is 43.1 Å². The first-order valence-electron chi connectivity index (χ1n) is 6.82. The van der Waals surface area contributed by atoms with E-state index in [9.17, 15) is 0 Å². The molecule has 1 aliphatic rings. The van der Waals surface area contributed by atoms with Crippen molar-refractivity contribution in [2.45, 2.75) is 6.42 Å². The van der Waals surface area contributed by atoms with Gasteiger partial charge in [-0.05, 0) is 32.1 Å². The standard InChI is InChI=1S/C15H20N4/c1-18-8-3-9-19(11-10-18)14-6-7-17-15-12(14)4-2-5-13(15)16/h2,4-7H,3,8-11,16H2,1H3. The van der Waals surface area contributed by atoms with Crippen molar-refractivity contribution in [2.24, 2.45) is 0 Å². The molecule has 0 spiro atoms. The first-order valence-corrected chi connectivity index (χ1v) is 6.82. The van der Waals surface area contributed by atoms with Gasteiger partial charge in [0.1, 0.15) is 0 Å². The zero-order chi connectivity index (χ0) is 13.2. The lowest BCUT2D eigenvalue weighted by Gasteiger charge is -2.24. The molecular weight excluding hydrogens is 236 g/mol. The number of anilines is 2. The van der Waals surface area contributed by atoms with E-state index in [2.05, 4.69) is 34.0 Å². The highest BCUT2D eigenvalue weighted by Crippen LogP contribution is 2.28. The molecule has 0 radical (unpaired) electrons. The summed E-state index contributed by atoms with van der Waals surface area (Å²) in [6, 6.07) is 8.14. The first kappa shape index (κ1) is 12.2. The van der Waals surface area contributed by atoms with Gasteiger partial charge >= 0.3 is 0 Å². The number of likely N-dealkylation sites (N-methyl/N-ethyl adjacent to an activating group) is 1. The minimum absolute atomic E-state index is 0.756. The second-order valence-corrected chi connectivity index (χ2v) is 5.22. The molecule has 4 heteroatoms. The fourth-order valence-electron chi connectivity index (χ4n) is 2.75. The number of fused-ring (bicyclic) bond motifs is 1. The number of rotatable bonds is 1. The van der Waals surface area contributed by atoms with Gasteiger partial charge in [0.15, 0.2) is 0 Å². The number of nitrogens with zero attached hydrogens (tertiary/aromatic N) is 3. The monoisotopic (exact) mass is 256 g/mol. The Morgan fingerprint density at radius 3 is 2.89 bits per heavy atom. The van der Waals surface area contributed by atoms with Crippen LogP contribution in [0.5, 0.6) is 0 Å². The summed E-state index contributed by atoms with van der Waals surface area (Å²) in [5.74, 6) is 0. The summed E-state index contributed by atoms with van der Waals surface area (Å²) >= 11 is 0. The van der Waals surface area contributed by atoms with Crippen molar-refractivity contribution in [3.05, 3.63) is 30.5 Å². The molecule has 2 aromatic rings. The van der Waals surface area contributed by atoms with Crippen LogP contribution in [0.1, 0.15) is 6.42 Å². The van der Waals surface area contributed by atoms with E-state index < -0.39 is 0 Å². The molecule has 100 valence electrons. The van der Waals surface area contributed by atoms with Gasteiger partial charge in [-0.25, -0.2) is 0 Å². The third-order valence-corrected chi connectivity index (χ3v) is 3.84. The number of aromatic nitrogens is 1. The second-order valence-electron chi connectivity index (χ2n) is 5.22. The SMILES string of the molecule is CN1CCCN(c2ccnc3c(N)cccc23)CC1. The lowest BCUT2D eigenvalue weighted by molar-refractivity contribution is 0.360. The predicted octanol–water partition coefficient (Wildman–Crippen LogP) is 1.96. The number of nitrogens with two attached hydrogens (primary N) is 1. The molecule has 0 amide bonds. The Bertz CT molecular complexity index is 581. The molecule has 19 heavy (non-hydrogen) atoms. The lowest BCUT2D eigenvalue weighted by atomic mass is 10.1. The molecule has 0 unspecified atom stereocenters. The van der Waals surface area contributed by atoms with E-state index in [1.165, 1.54) is 18.7 Å². The maximum atomic E-state index is 6.02. The van der Waals surface area contributed by atoms with Crippen LogP contribution in [-0.2, 0) is 0 Å². The smallest absolute Gasteiger partial charge is 0.0951 e. The van der Waals surface area contributed by atoms with Gasteiger partial charge in [0.25, 0.3) is 0 Å². The minimum atomic E-state index is 0.756. The summed E-state index contributed by atoms with van der Waals surface area (Å²) in [4.78, 5) is 9.25. The quantitative estimate of drug-likeness (QED) is 0.792. The van der Waals surface area contributed by atoms with Gasteiger partial charge in [-0.2, -0.15) is 0 Å². The van der Waals surface area contributed by atoms with Gasteiger partial charge in [0.05, 0.1) is 11.2 Å². The van der Waals surface area contributed by atoms with Crippen LogP contribution in [0.15, 0.2) is 30.5 Å². The van der Waals surface area contributed by atoms with E-state index in [1.54, 1.807) is 0 Å². The summed E-state index contributed by atoms with van der Waals surface area (Å²) in [6.45, 7) is 4.43. The fourth-order valence-corrected chi connectivity index (χ4v) is 2.75. The molecule has 0 bridgehead atoms. The van der Waals surface area contributed by atoms with Gasteiger partial charge in [-0.3, -0.25) is 4.98 Å². The van der Waals surface area contributed by atoms with E-state index in [0.29, 0.717) is 0 Å². The number of pyridine rings is 1. The van der Waals surface area contributed by atoms with E-state index in [4.69, 9.17) is 5.73 Å². The van der Waals surface area contributed by atoms with Crippen molar-refractivity contribution < 1.29 is 0 Å². The van der Waals surface area contributed by atoms with Crippen LogP contribution in [0.2, 0.25) is 0 Å². The van der Waals surface area contributed by atoms with Crippen molar-refractivity contribution >= 4 is 22.3 Å². The Hall–Kier alpha value is -1.81. The number of para-hydroxylation sites is 1. The Labute approximate surface area is 113 Å². The number of nitrogen functional groups attached to an aromatic ring is 1. The number of hydrogen-bond acceptors (Lipinski definition) is 4. The Morgan fingerprint density at radius 1 is 1.11 bits per heavy atom. The van der Waals surface area contributed by atoms with E-state index in [1.807, 2.05) is 18.3 Å². The van der Waals surface area contributed by atoms with Crippen LogP contribution in [0.25, 0.3) is 10.9 Å². The third-order valence-electron chi connectivity index (χ3n) is 3.84. The summed E-state index contributed by atoms with van der Waals surface area (Å²) in [7, 11) is 2.19. The van der Waals surface area contributed by atoms with Gasteiger partial charge < -0.3 is 15.5 Å².